The van der Waals surface area contributed by atoms with Crippen LogP contribution in [0.3, 0.4) is 0 Å². The summed E-state index contributed by atoms with van der Waals surface area (Å²) in [4.78, 5) is 13.7. The van der Waals surface area contributed by atoms with Gasteiger partial charge < -0.3 is 10.6 Å². The first-order valence-corrected chi connectivity index (χ1v) is 9.43. The van der Waals surface area contributed by atoms with Crippen molar-refractivity contribution in [1.82, 2.24) is 34.4 Å². The molecule has 0 aromatic carbocycles. The molecule has 0 unspecified atom stereocenters. The van der Waals surface area contributed by atoms with Gasteiger partial charge in [0.15, 0.2) is 0 Å². The van der Waals surface area contributed by atoms with Crippen molar-refractivity contribution in [2.24, 2.45) is 13.0 Å². The Balaban J connectivity index is 1.47. The van der Waals surface area contributed by atoms with E-state index in [0.29, 0.717) is 12.0 Å². The lowest BCUT2D eigenvalue weighted by Gasteiger charge is -2.16. The largest absolute Gasteiger partial charge is 0.364 e. The van der Waals surface area contributed by atoms with Crippen LogP contribution >= 0.6 is 0 Å². The number of rotatable bonds is 4. The highest BCUT2D eigenvalue weighted by atomic mass is 15.2. The second kappa shape index (κ2) is 6.72. The highest BCUT2D eigenvalue weighted by Crippen LogP contribution is 2.24. The van der Waals surface area contributed by atoms with Crippen molar-refractivity contribution >= 4 is 11.5 Å². The summed E-state index contributed by atoms with van der Waals surface area (Å²) in [6.45, 7) is 4.20. The Labute approximate surface area is 162 Å². The average molecular weight is 374 g/mol. The van der Waals surface area contributed by atoms with Crippen molar-refractivity contribution in [3.05, 3.63) is 49.3 Å². The van der Waals surface area contributed by atoms with Crippen molar-refractivity contribution in [2.45, 2.75) is 13.0 Å². The van der Waals surface area contributed by atoms with Crippen molar-refractivity contribution in [3.63, 3.8) is 0 Å². The minimum Gasteiger partial charge on any atom is -0.364 e. The zero-order valence-electron chi connectivity index (χ0n) is 15.9. The third-order valence-corrected chi connectivity index (χ3v) is 5.30. The van der Waals surface area contributed by atoms with Gasteiger partial charge in [-0.1, -0.05) is 6.92 Å². The molecule has 1 aliphatic heterocycles. The van der Waals surface area contributed by atoms with Crippen molar-refractivity contribution < 1.29 is 0 Å². The molecule has 1 saturated heterocycles. The van der Waals surface area contributed by atoms with Gasteiger partial charge in [-0.2, -0.15) is 5.10 Å². The average Bonchev–Trinajstić information content (AvgIpc) is 3.42. The van der Waals surface area contributed by atoms with Crippen LogP contribution in [0.2, 0.25) is 0 Å². The standard InChI is InChI=1S/C20H22N8/c1-13-6-21-8-16(13)25-19-11-22-9-17(26-19)18-10-23-20-5-14(3-4-28(18)20)15-7-24-27(2)12-15/h3-5,7,9-13,16,21H,6,8H2,1-2H3,(H,25,26)/t13-,16+/m1/s1. The molecule has 5 rings (SSSR count). The van der Waals surface area contributed by atoms with Gasteiger partial charge in [0.05, 0.1) is 30.5 Å². The summed E-state index contributed by atoms with van der Waals surface area (Å²) < 4.78 is 3.83. The molecule has 1 aliphatic rings. The van der Waals surface area contributed by atoms with Crippen LogP contribution in [0.5, 0.6) is 0 Å². The summed E-state index contributed by atoms with van der Waals surface area (Å²) in [7, 11) is 1.91. The molecule has 0 spiro atoms. The predicted octanol–water partition coefficient (Wildman–Crippen LogP) is 2.21. The van der Waals surface area contributed by atoms with Crippen LogP contribution in [0.25, 0.3) is 28.2 Å². The number of nitrogens with one attached hydrogen (secondary N) is 2. The minimum absolute atomic E-state index is 0.369. The molecule has 0 radical (unpaired) electrons. The molecule has 1 fully saturated rings. The van der Waals surface area contributed by atoms with Gasteiger partial charge in [-0.25, -0.2) is 9.97 Å². The summed E-state index contributed by atoms with van der Waals surface area (Å²) in [6, 6.07) is 4.49. The molecule has 0 saturated carbocycles. The van der Waals surface area contributed by atoms with Crippen molar-refractivity contribution in [1.29, 1.82) is 0 Å². The number of hydrogen-bond acceptors (Lipinski definition) is 6. The number of aromatic nitrogens is 6. The first-order chi connectivity index (χ1) is 13.7. The Morgan fingerprint density at radius 2 is 2.07 bits per heavy atom. The highest BCUT2D eigenvalue weighted by molar-refractivity contribution is 5.69. The van der Waals surface area contributed by atoms with Gasteiger partial charge >= 0.3 is 0 Å². The Morgan fingerprint density at radius 3 is 2.86 bits per heavy atom. The summed E-state index contributed by atoms with van der Waals surface area (Å²) in [5.74, 6) is 1.35. The van der Waals surface area contributed by atoms with Crippen LogP contribution in [-0.2, 0) is 7.05 Å². The molecule has 4 aromatic heterocycles. The fourth-order valence-corrected chi connectivity index (χ4v) is 3.67. The summed E-state index contributed by atoms with van der Waals surface area (Å²) in [5.41, 5.74) is 4.73. The Kier molecular flexibility index (Phi) is 4.05. The van der Waals surface area contributed by atoms with E-state index < -0.39 is 0 Å². The summed E-state index contributed by atoms with van der Waals surface area (Å²) in [6.07, 6.45) is 11.3. The molecular formula is C20H22N8. The highest BCUT2D eigenvalue weighted by Gasteiger charge is 2.23. The maximum atomic E-state index is 4.77. The van der Waals surface area contributed by atoms with E-state index in [1.807, 2.05) is 36.2 Å². The van der Waals surface area contributed by atoms with Crippen molar-refractivity contribution in [2.75, 3.05) is 18.4 Å². The molecule has 5 heterocycles. The third kappa shape index (κ3) is 3.01. The number of fused-ring (bicyclic) bond motifs is 1. The van der Waals surface area contributed by atoms with Gasteiger partial charge in [-0.3, -0.25) is 14.1 Å². The predicted molar refractivity (Wildman–Crippen MR) is 108 cm³/mol. The van der Waals surface area contributed by atoms with Gasteiger partial charge in [-0.05, 0) is 30.2 Å². The third-order valence-electron chi connectivity index (χ3n) is 5.30. The lowest BCUT2D eigenvalue weighted by Crippen LogP contribution is -2.27. The second-order valence-electron chi connectivity index (χ2n) is 7.37. The van der Waals surface area contributed by atoms with E-state index in [-0.39, 0.29) is 0 Å². The molecule has 8 heteroatoms. The van der Waals surface area contributed by atoms with Crippen LogP contribution in [0, 0.1) is 5.92 Å². The zero-order chi connectivity index (χ0) is 19.1. The maximum Gasteiger partial charge on any atom is 0.145 e. The number of imidazole rings is 1. The fraction of sp³-hybridized carbons (Fsp3) is 0.300. The first-order valence-electron chi connectivity index (χ1n) is 9.43. The first kappa shape index (κ1) is 16.9. The Morgan fingerprint density at radius 1 is 1.14 bits per heavy atom. The SMILES string of the molecule is C[C@@H]1CNC[C@@H]1Nc1cncc(-c2cnc3cc(-c4cnn(C)c4)ccn23)n1. The van der Waals surface area contributed by atoms with E-state index in [1.54, 1.807) is 17.1 Å². The number of nitrogens with zero attached hydrogens (tertiary/aromatic N) is 6. The molecule has 2 atom stereocenters. The molecule has 4 aromatic rings. The quantitative estimate of drug-likeness (QED) is 0.570. The van der Waals surface area contributed by atoms with Crippen LogP contribution in [0.1, 0.15) is 6.92 Å². The van der Waals surface area contributed by atoms with Crippen LogP contribution < -0.4 is 10.6 Å². The maximum absolute atomic E-state index is 4.77. The number of pyridine rings is 1. The smallest absolute Gasteiger partial charge is 0.145 e. The van der Waals surface area contributed by atoms with Gasteiger partial charge in [0.25, 0.3) is 0 Å². The molecule has 8 nitrogen and oxygen atoms in total. The number of hydrogen-bond donors (Lipinski definition) is 2. The van der Waals surface area contributed by atoms with E-state index in [0.717, 1.165) is 47.1 Å². The Hall–Kier alpha value is -3.26. The Bertz CT molecular complexity index is 1130. The van der Waals surface area contributed by atoms with E-state index >= 15 is 0 Å². The summed E-state index contributed by atoms with van der Waals surface area (Å²) in [5, 5.41) is 11.1. The van der Waals surface area contributed by atoms with E-state index in [4.69, 9.17) is 4.98 Å². The zero-order valence-corrected chi connectivity index (χ0v) is 15.9. The minimum atomic E-state index is 0.369. The summed E-state index contributed by atoms with van der Waals surface area (Å²) >= 11 is 0. The lowest BCUT2D eigenvalue weighted by atomic mass is 10.1. The normalized spacial score (nSPS) is 19.4. The lowest BCUT2D eigenvalue weighted by molar-refractivity contribution is 0.593. The van der Waals surface area contributed by atoms with Gasteiger partial charge in [0, 0.05) is 37.6 Å². The molecule has 0 bridgehead atoms. The van der Waals surface area contributed by atoms with E-state index in [9.17, 15) is 0 Å². The molecule has 142 valence electrons. The van der Waals surface area contributed by atoms with E-state index in [2.05, 4.69) is 44.8 Å². The van der Waals surface area contributed by atoms with E-state index in [1.165, 1.54) is 0 Å². The topological polar surface area (TPSA) is 85.0 Å². The molecule has 2 N–H and O–H groups in total. The number of aryl methyl sites for hydroxylation is 1. The molecule has 28 heavy (non-hydrogen) atoms. The molecule has 0 aliphatic carbocycles. The second-order valence-corrected chi connectivity index (χ2v) is 7.37. The van der Waals surface area contributed by atoms with Gasteiger partial charge in [-0.15, -0.1) is 0 Å². The molecular weight excluding hydrogens is 352 g/mol. The fourth-order valence-electron chi connectivity index (χ4n) is 3.67. The van der Waals surface area contributed by atoms with Crippen LogP contribution in [0.4, 0.5) is 5.82 Å². The van der Waals surface area contributed by atoms with Gasteiger partial charge in [0.2, 0.25) is 0 Å². The van der Waals surface area contributed by atoms with Crippen LogP contribution in [-0.4, -0.2) is 48.3 Å². The molecule has 0 amide bonds. The van der Waals surface area contributed by atoms with Gasteiger partial charge in [0.1, 0.15) is 17.2 Å². The number of anilines is 1. The van der Waals surface area contributed by atoms with Crippen molar-refractivity contribution in [3.8, 4) is 22.5 Å². The monoisotopic (exact) mass is 374 g/mol. The van der Waals surface area contributed by atoms with Crippen LogP contribution in [0.15, 0.2) is 49.3 Å².